The van der Waals surface area contributed by atoms with Crippen LogP contribution in [-0.2, 0) is 6.42 Å². The molecule has 19 heavy (non-hydrogen) atoms. The molecule has 0 radical (unpaired) electrons. The van der Waals surface area contributed by atoms with Crippen LogP contribution in [0.4, 0.5) is 0 Å². The second-order valence-electron chi connectivity index (χ2n) is 5.30. The highest BCUT2D eigenvalue weighted by atomic mass is 32.1. The molecule has 2 rings (SSSR count). The number of nitrogens with zero attached hydrogens (tertiary/aromatic N) is 1. The lowest BCUT2D eigenvalue weighted by Gasteiger charge is -2.06. The number of aryl methyl sites for hydroxylation is 2. The summed E-state index contributed by atoms with van der Waals surface area (Å²) < 4.78 is 0. The lowest BCUT2D eigenvalue weighted by Crippen LogP contribution is -2.24. The molecule has 1 N–H and O–H groups in total. The molecule has 1 aromatic carbocycles. The van der Waals surface area contributed by atoms with Gasteiger partial charge in [0.1, 0.15) is 0 Å². The Bertz CT molecular complexity index is 543. The van der Waals surface area contributed by atoms with Crippen LogP contribution in [-0.4, -0.2) is 17.6 Å². The molecule has 2 nitrogen and oxygen atoms in total. The zero-order valence-corrected chi connectivity index (χ0v) is 13.0. The molecule has 0 aliphatic carbocycles. The van der Waals surface area contributed by atoms with Gasteiger partial charge in [0.05, 0.1) is 10.7 Å². The standard InChI is InChI=1S/C16H22N2S/c1-11(2)17-8-7-16-18-15(10-19-16)14-6-5-12(3)9-13(14)4/h5-6,9-11,17H,7-8H2,1-4H3. The molecule has 0 amide bonds. The zero-order valence-electron chi connectivity index (χ0n) is 12.2. The van der Waals surface area contributed by atoms with Gasteiger partial charge in [-0.25, -0.2) is 4.98 Å². The number of benzene rings is 1. The van der Waals surface area contributed by atoms with Gasteiger partial charge in [-0.2, -0.15) is 0 Å². The van der Waals surface area contributed by atoms with Crippen LogP contribution in [0.5, 0.6) is 0 Å². The van der Waals surface area contributed by atoms with Crippen LogP contribution in [0, 0.1) is 13.8 Å². The summed E-state index contributed by atoms with van der Waals surface area (Å²) in [7, 11) is 0. The van der Waals surface area contributed by atoms with E-state index in [0.29, 0.717) is 6.04 Å². The first-order valence-corrected chi connectivity index (χ1v) is 7.69. The van der Waals surface area contributed by atoms with Gasteiger partial charge in [0, 0.05) is 30.0 Å². The molecule has 2 aromatic rings. The van der Waals surface area contributed by atoms with Crippen LogP contribution in [0.15, 0.2) is 23.6 Å². The Morgan fingerprint density at radius 1 is 1.26 bits per heavy atom. The highest BCUT2D eigenvalue weighted by Crippen LogP contribution is 2.25. The van der Waals surface area contributed by atoms with Gasteiger partial charge in [-0.3, -0.25) is 0 Å². The van der Waals surface area contributed by atoms with Gasteiger partial charge in [-0.05, 0) is 19.4 Å². The molecule has 0 aliphatic heterocycles. The van der Waals surface area contributed by atoms with Gasteiger partial charge in [0.15, 0.2) is 0 Å². The molecule has 0 spiro atoms. The minimum Gasteiger partial charge on any atom is -0.314 e. The molecule has 0 bridgehead atoms. The number of nitrogens with one attached hydrogen (secondary N) is 1. The molecule has 1 heterocycles. The number of hydrogen-bond donors (Lipinski definition) is 1. The van der Waals surface area contributed by atoms with E-state index >= 15 is 0 Å². The Morgan fingerprint density at radius 2 is 2.05 bits per heavy atom. The first kappa shape index (κ1) is 14.2. The van der Waals surface area contributed by atoms with Crippen LogP contribution in [0.3, 0.4) is 0 Å². The van der Waals surface area contributed by atoms with Crippen molar-refractivity contribution < 1.29 is 0 Å². The van der Waals surface area contributed by atoms with E-state index in [4.69, 9.17) is 4.98 Å². The van der Waals surface area contributed by atoms with E-state index in [1.165, 1.54) is 21.7 Å². The van der Waals surface area contributed by atoms with Gasteiger partial charge in [0.2, 0.25) is 0 Å². The van der Waals surface area contributed by atoms with E-state index in [1.54, 1.807) is 11.3 Å². The molecule has 0 unspecified atom stereocenters. The minimum atomic E-state index is 0.541. The third-order valence-corrected chi connectivity index (χ3v) is 4.01. The second kappa shape index (κ2) is 6.31. The largest absolute Gasteiger partial charge is 0.314 e. The summed E-state index contributed by atoms with van der Waals surface area (Å²) in [6.45, 7) is 9.62. The summed E-state index contributed by atoms with van der Waals surface area (Å²) in [5.74, 6) is 0. The predicted molar refractivity (Wildman–Crippen MR) is 83.9 cm³/mol. The summed E-state index contributed by atoms with van der Waals surface area (Å²) in [6.07, 6.45) is 1.01. The molecule has 0 aliphatic rings. The quantitative estimate of drug-likeness (QED) is 0.892. The van der Waals surface area contributed by atoms with Crippen molar-refractivity contribution in [3.63, 3.8) is 0 Å². The lowest BCUT2D eigenvalue weighted by atomic mass is 10.0. The van der Waals surface area contributed by atoms with E-state index in [2.05, 4.69) is 56.6 Å². The average Bonchev–Trinajstić information content (AvgIpc) is 2.77. The monoisotopic (exact) mass is 274 g/mol. The smallest absolute Gasteiger partial charge is 0.0945 e. The van der Waals surface area contributed by atoms with Crippen molar-refractivity contribution >= 4 is 11.3 Å². The number of aromatic nitrogens is 1. The number of thiazole rings is 1. The Morgan fingerprint density at radius 3 is 2.74 bits per heavy atom. The third-order valence-electron chi connectivity index (χ3n) is 3.10. The van der Waals surface area contributed by atoms with Crippen molar-refractivity contribution in [2.45, 2.75) is 40.2 Å². The molecule has 0 saturated heterocycles. The summed E-state index contributed by atoms with van der Waals surface area (Å²) in [6, 6.07) is 7.09. The summed E-state index contributed by atoms with van der Waals surface area (Å²) >= 11 is 1.76. The van der Waals surface area contributed by atoms with Crippen molar-refractivity contribution in [2.24, 2.45) is 0 Å². The second-order valence-corrected chi connectivity index (χ2v) is 6.25. The van der Waals surface area contributed by atoms with Crippen LogP contribution >= 0.6 is 11.3 Å². The Labute approximate surface area is 119 Å². The molecule has 102 valence electrons. The maximum absolute atomic E-state index is 4.75. The Hall–Kier alpha value is -1.19. The van der Waals surface area contributed by atoms with Crippen molar-refractivity contribution in [3.8, 4) is 11.3 Å². The van der Waals surface area contributed by atoms with Gasteiger partial charge >= 0.3 is 0 Å². The fourth-order valence-corrected chi connectivity index (χ4v) is 2.92. The van der Waals surface area contributed by atoms with E-state index in [-0.39, 0.29) is 0 Å². The molecule has 0 saturated carbocycles. The first-order chi connectivity index (χ1) is 9.06. The van der Waals surface area contributed by atoms with Crippen molar-refractivity contribution in [1.29, 1.82) is 0 Å². The highest BCUT2D eigenvalue weighted by Gasteiger charge is 2.07. The van der Waals surface area contributed by atoms with Gasteiger partial charge < -0.3 is 5.32 Å². The molecular formula is C16H22N2S. The fraction of sp³-hybridized carbons (Fsp3) is 0.438. The summed E-state index contributed by atoms with van der Waals surface area (Å²) in [5, 5.41) is 6.81. The average molecular weight is 274 g/mol. The molecule has 0 fully saturated rings. The lowest BCUT2D eigenvalue weighted by molar-refractivity contribution is 0.590. The fourth-order valence-electron chi connectivity index (χ4n) is 2.12. The third kappa shape index (κ3) is 3.88. The van der Waals surface area contributed by atoms with Crippen LogP contribution < -0.4 is 5.32 Å². The summed E-state index contributed by atoms with van der Waals surface area (Å²) in [5.41, 5.74) is 4.97. The van der Waals surface area contributed by atoms with E-state index in [9.17, 15) is 0 Å². The maximum atomic E-state index is 4.75. The maximum Gasteiger partial charge on any atom is 0.0945 e. The predicted octanol–water partition coefficient (Wildman–Crippen LogP) is 3.97. The molecule has 0 atom stereocenters. The topological polar surface area (TPSA) is 24.9 Å². The van der Waals surface area contributed by atoms with Gasteiger partial charge in [-0.15, -0.1) is 11.3 Å². The van der Waals surface area contributed by atoms with Gasteiger partial charge in [0.25, 0.3) is 0 Å². The Balaban J connectivity index is 2.08. The number of rotatable bonds is 5. The normalized spacial score (nSPS) is 11.2. The molecular weight excluding hydrogens is 252 g/mol. The van der Waals surface area contributed by atoms with E-state index < -0.39 is 0 Å². The zero-order chi connectivity index (χ0) is 13.8. The van der Waals surface area contributed by atoms with E-state index in [0.717, 1.165) is 18.7 Å². The van der Waals surface area contributed by atoms with Crippen molar-refractivity contribution in [1.82, 2.24) is 10.3 Å². The van der Waals surface area contributed by atoms with Crippen LogP contribution in [0.2, 0.25) is 0 Å². The van der Waals surface area contributed by atoms with Crippen LogP contribution in [0.25, 0.3) is 11.3 Å². The van der Waals surface area contributed by atoms with Crippen molar-refractivity contribution in [3.05, 3.63) is 39.7 Å². The number of hydrogen-bond acceptors (Lipinski definition) is 3. The first-order valence-electron chi connectivity index (χ1n) is 6.81. The molecule has 1 aromatic heterocycles. The van der Waals surface area contributed by atoms with Crippen LogP contribution in [0.1, 0.15) is 30.0 Å². The minimum absolute atomic E-state index is 0.541. The highest BCUT2D eigenvalue weighted by molar-refractivity contribution is 7.09. The molecule has 3 heteroatoms. The van der Waals surface area contributed by atoms with Crippen molar-refractivity contribution in [2.75, 3.05) is 6.54 Å². The van der Waals surface area contributed by atoms with E-state index in [1.807, 2.05) is 0 Å². The SMILES string of the molecule is Cc1ccc(-c2csc(CCNC(C)C)n2)c(C)c1. The Kier molecular flexibility index (Phi) is 4.72. The van der Waals surface area contributed by atoms with Gasteiger partial charge in [-0.1, -0.05) is 37.6 Å². The summed E-state index contributed by atoms with van der Waals surface area (Å²) in [4.78, 5) is 4.75.